The lowest BCUT2D eigenvalue weighted by Gasteiger charge is -2.14. The topological polar surface area (TPSA) is 41.6 Å². The van der Waals surface area contributed by atoms with Crippen molar-refractivity contribution in [2.75, 3.05) is 39.5 Å². The summed E-state index contributed by atoms with van der Waals surface area (Å²) in [5.74, 6) is 2.39. The molecule has 0 fully saturated rings. The van der Waals surface area contributed by atoms with Crippen LogP contribution in [-0.4, -0.2) is 50.4 Å². The number of rotatable bonds is 10. The van der Waals surface area contributed by atoms with Crippen LogP contribution in [0.5, 0.6) is 5.75 Å². The van der Waals surface area contributed by atoms with Crippen molar-refractivity contribution in [2.45, 2.75) is 12.7 Å². The molecule has 5 heteroatoms. The molecule has 26 heavy (non-hydrogen) atoms. The van der Waals surface area contributed by atoms with Crippen LogP contribution >= 0.6 is 11.8 Å². The van der Waals surface area contributed by atoms with Gasteiger partial charge in [0, 0.05) is 24.6 Å². The second-order valence-corrected chi connectivity index (χ2v) is 7.55. The molecular formula is C21H28N2O2S. The van der Waals surface area contributed by atoms with Gasteiger partial charge in [-0.3, -0.25) is 4.79 Å². The SMILES string of the molecule is Cc1ccc(CSCCNC(=O)c2ccccc2OCCN(C)C)cc1. The number of carbonyl (C=O) groups is 1. The molecule has 0 heterocycles. The predicted octanol–water partition coefficient (Wildman–Crippen LogP) is 3.60. The molecule has 1 amide bonds. The standard InChI is InChI=1S/C21H28N2O2S/c1-17-8-10-18(11-9-17)16-26-15-12-22-21(24)19-6-4-5-7-20(19)25-14-13-23(2)3/h4-11H,12-16H2,1-3H3,(H,22,24). The molecule has 0 aliphatic heterocycles. The van der Waals surface area contributed by atoms with E-state index in [1.165, 1.54) is 11.1 Å². The van der Waals surface area contributed by atoms with Crippen LogP contribution in [-0.2, 0) is 5.75 Å². The second kappa shape index (κ2) is 10.9. The summed E-state index contributed by atoms with van der Waals surface area (Å²) in [6.45, 7) is 4.10. The highest BCUT2D eigenvalue weighted by atomic mass is 32.2. The summed E-state index contributed by atoms with van der Waals surface area (Å²) in [5, 5.41) is 2.98. The van der Waals surface area contributed by atoms with Crippen molar-refractivity contribution in [3.05, 3.63) is 65.2 Å². The number of carbonyl (C=O) groups excluding carboxylic acids is 1. The number of likely N-dealkylation sites (N-methyl/N-ethyl adjacent to an activating group) is 1. The van der Waals surface area contributed by atoms with Gasteiger partial charge in [-0.1, -0.05) is 42.0 Å². The van der Waals surface area contributed by atoms with E-state index in [-0.39, 0.29) is 5.91 Å². The Bertz CT molecular complexity index is 687. The molecule has 0 spiro atoms. The van der Waals surface area contributed by atoms with Gasteiger partial charge in [0.15, 0.2) is 0 Å². The van der Waals surface area contributed by atoms with Gasteiger partial charge >= 0.3 is 0 Å². The van der Waals surface area contributed by atoms with Gasteiger partial charge in [-0.25, -0.2) is 0 Å². The minimum atomic E-state index is -0.0820. The Labute approximate surface area is 160 Å². The number of thioether (sulfide) groups is 1. The molecule has 0 aliphatic carbocycles. The maximum atomic E-state index is 12.4. The van der Waals surface area contributed by atoms with E-state index < -0.39 is 0 Å². The third kappa shape index (κ3) is 7.10. The molecule has 0 saturated heterocycles. The van der Waals surface area contributed by atoms with Gasteiger partial charge in [-0.05, 0) is 38.7 Å². The lowest BCUT2D eigenvalue weighted by Crippen LogP contribution is -2.27. The zero-order chi connectivity index (χ0) is 18.8. The summed E-state index contributed by atoms with van der Waals surface area (Å²) in [6.07, 6.45) is 0. The number of ether oxygens (including phenoxy) is 1. The zero-order valence-corrected chi connectivity index (χ0v) is 16.6. The van der Waals surface area contributed by atoms with Crippen molar-refractivity contribution in [1.29, 1.82) is 0 Å². The van der Waals surface area contributed by atoms with Crippen LogP contribution in [0.1, 0.15) is 21.5 Å². The fourth-order valence-corrected chi connectivity index (χ4v) is 3.14. The van der Waals surface area contributed by atoms with Gasteiger partial charge in [0.25, 0.3) is 5.91 Å². The Hall–Kier alpha value is -1.98. The fourth-order valence-electron chi connectivity index (χ4n) is 2.32. The van der Waals surface area contributed by atoms with Crippen LogP contribution in [0.25, 0.3) is 0 Å². The minimum absolute atomic E-state index is 0.0820. The summed E-state index contributed by atoms with van der Waals surface area (Å²) in [7, 11) is 3.99. The number of nitrogens with one attached hydrogen (secondary N) is 1. The van der Waals surface area contributed by atoms with Crippen molar-refractivity contribution >= 4 is 17.7 Å². The van der Waals surface area contributed by atoms with Gasteiger partial charge in [-0.2, -0.15) is 11.8 Å². The molecule has 0 bridgehead atoms. The van der Waals surface area contributed by atoms with E-state index >= 15 is 0 Å². The third-order valence-electron chi connectivity index (χ3n) is 3.85. The molecule has 0 aromatic heterocycles. The van der Waals surface area contributed by atoms with Crippen LogP contribution in [0.2, 0.25) is 0 Å². The molecule has 0 aliphatic rings. The molecule has 0 atom stereocenters. The van der Waals surface area contributed by atoms with Crippen molar-refractivity contribution in [1.82, 2.24) is 10.2 Å². The van der Waals surface area contributed by atoms with Crippen molar-refractivity contribution in [3.8, 4) is 5.75 Å². The molecule has 4 nitrogen and oxygen atoms in total. The molecule has 0 unspecified atom stereocenters. The Morgan fingerprint density at radius 3 is 2.58 bits per heavy atom. The van der Waals surface area contributed by atoms with Crippen LogP contribution < -0.4 is 10.1 Å². The smallest absolute Gasteiger partial charge is 0.255 e. The Kier molecular flexibility index (Phi) is 8.51. The van der Waals surface area contributed by atoms with E-state index in [0.717, 1.165) is 18.1 Å². The molecule has 2 aromatic carbocycles. The number of nitrogens with zero attached hydrogens (tertiary/aromatic N) is 1. The van der Waals surface area contributed by atoms with E-state index in [9.17, 15) is 4.79 Å². The number of para-hydroxylation sites is 1. The van der Waals surface area contributed by atoms with Gasteiger partial charge < -0.3 is 15.0 Å². The molecule has 140 valence electrons. The molecule has 0 radical (unpaired) electrons. The normalized spacial score (nSPS) is 10.8. The van der Waals surface area contributed by atoms with E-state index in [0.29, 0.717) is 24.5 Å². The Balaban J connectivity index is 1.74. The fraction of sp³-hybridized carbons (Fsp3) is 0.381. The lowest BCUT2D eigenvalue weighted by atomic mass is 10.2. The first-order chi connectivity index (χ1) is 12.6. The number of benzene rings is 2. The maximum Gasteiger partial charge on any atom is 0.255 e. The summed E-state index contributed by atoms with van der Waals surface area (Å²) in [6, 6.07) is 16.0. The average Bonchev–Trinajstić information content (AvgIpc) is 2.63. The number of aryl methyl sites for hydroxylation is 1. The monoisotopic (exact) mass is 372 g/mol. The van der Waals surface area contributed by atoms with Gasteiger partial charge in [0.05, 0.1) is 5.56 Å². The molecule has 1 N–H and O–H groups in total. The summed E-state index contributed by atoms with van der Waals surface area (Å²) >= 11 is 1.82. The van der Waals surface area contributed by atoms with E-state index in [1.54, 1.807) is 6.07 Å². The number of amides is 1. The first-order valence-electron chi connectivity index (χ1n) is 8.84. The second-order valence-electron chi connectivity index (χ2n) is 6.44. The molecular weight excluding hydrogens is 344 g/mol. The Morgan fingerprint density at radius 2 is 1.85 bits per heavy atom. The highest BCUT2D eigenvalue weighted by molar-refractivity contribution is 7.98. The summed E-state index contributed by atoms with van der Waals surface area (Å²) < 4.78 is 5.76. The van der Waals surface area contributed by atoms with Crippen molar-refractivity contribution in [3.63, 3.8) is 0 Å². The third-order valence-corrected chi connectivity index (χ3v) is 4.88. The van der Waals surface area contributed by atoms with Crippen LogP contribution in [0, 0.1) is 6.92 Å². The Morgan fingerprint density at radius 1 is 1.12 bits per heavy atom. The summed E-state index contributed by atoms with van der Waals surface area (Å²) in [4.78, 5) is 14.5. The highest BCUT2D eigenvalue weighted by Gasteiger charge is 2.11. The maximum absolute atomic E-state index is 12.4. The van der Waals surface area contributed by atoms with Crippen molar-refractivity contribution < 1.29 is 9.53 Å². The lowest BCUT2D eigenvalue weighted by molar-refractivity contribution is 0.0951. The van der Waals surface area contributed by atoms with E-state index in [4.69, 9.17) is 4.74 Å². The first kappa shape index (κ1) is 20.3. The molecule has 2 aromatic rings. The van der Waals surface area contributed by atoms with Gasteiger partial charge in [0.1, 0.15) is 12.4 Å². The van der Waals surface area contributed by atoms with E-state index in [2.05, 4.69) is 36.5 Å². The summed E-state index contributed by atoms with van der Waals surface area (Å²) in [5.41, 5.74) is 3.18. The molecule has 0 saturated carbocycles. The number of hydrogen-bond acceptors (Lipinski definition) is 4. The predicted molar refractivity (Wildman–Crippen MR) is 110 cm³/mol. The minimum Gasteiger partial charge on any atom is -0.491 e. The van der Waals surface area contributed by atoms with Crippen LogP contribution in [0.3, 0.4) is 0 Å². The van der Waals surface area contributed by atoms with Crippen LogP contribution in [0.15, 0.2) is 48.5 Å². The van der Waals surface area contributed by atoms with E-state index in [1.807, 2.05) is 49.0 Å². The average molecular weight is 373 g/mol. The first-order valence-corrected chi connectivity index (χ1v) is 10.00. The largest absolute Gasteiger partial charge is 0.491 e. The number of hydrogen-bond donors (Lipinski definition) is 1. The van der Waals surface area contributed by atoms with Gasteiger partial charge in [0.2, 0.25) is 0 Å². The van der Waals surface area contributed by atoms with Crippen molar-refractivity contribution in [2.24, 2.45) is 0 Å². The highest BCUT2D eigenvalue weighted by Crippen LogP contribution is 2.18. The van der Waals surface area contributed by atoms with Gasteiger partial charge in [-0.15, -0.1) is 0 Å². The molecule has 2 rings (SSSR count). The van der Waals surface area contributed by atoms with Crippen LogP contribution in [0.4, 0.5) is 0 Å². The zero-order valence-electron chi connectivity index (χ0n) is 15.8. The quantitative estimate of drug-likeness (QED) is 0.647.